The number of hydrogen-bond acceptors (Lipinski definition) is 5. The molecule has 2 aliphatic rings. The lowest BCUT2D eigenvalue weighted by Crippen LogP contribution is -2.44. The molecule has 2 saturated heterocycles. The van der Waals surface area contributed by atoms with Gasteiger partial charge in [0.2, 0.25) is 0 Å². The van der Waals surface area contributed by atoms with Gasteiger partial charge in [0.15, 0.2) is 20.4 Å². The maximum Gasteiger partial charge on any atom is 0.192 e. The van der Waals surface area contributed by atoms with Crippen LogP contribution >= 0.6 is 0 Å². The van der Waals surface area contributed by atoms with Crippen LogP contribution in [0.25, 0.3) is 0 Å². The summed E-state index contributed by atoms with van der Waals surface area (Å²) < 4.78 is 24.2. The van der Waals surface area contributed by atoms with Crippen LogP contribution in [0.3, 0.4) is 0 Å². The van der Waals surface area contributed by atoms with E-state index >= 15 is 0 Å². The van der Waals surface area contributed by atoms with Gasteiger partial charge in [0.25, 0.3) is 0 Å². The predicted molar refractivity (Wildman–Crippen MR) is 97.6 cm³/mol. The third-order valence-electron chi connectivity index (χ3n) is 5.62. The van der Waals surface area contributed by atoms with Gasteiger partial charge < -0.3 is 23.7 Å². The van der Waals surface area contributed by atoms with Crippen LogP contribution in [0.4, 0.5) is 0 Å². The number of aliphatic hydroxyl groups is 1. The minimum atomic E-state index is -1.90. The first-order chi connectivity index (χ1) is 11.5. The Balaban J connectivity index is 1.71. The molecular formula is C19H30O5Si. The predicted octanol–water partition coefficient (Wildman–Crippen LogP) is 3.60. The second-order valence-corrected chi connectivity index (χ2v) is 13.5. The van der Waals surface area contributed by atoms with Crippen molar-refractivity contribution in [3.05, 3.63) is 35.9 Å². The molecule has 5 nitrogen and oxygen atoms in total. The van der Waals surface area contributed by atoms with Crippen LogP contribution in [0.5, 0.6) is 0 Å². The molecule has 1 aromatic rings. The van der Waals surface area contributed by atoms with Gasteiger partial charge in [0.05, 0.1) is 6.61 Å². The highest BCUT2D eigenvalue weighted by atomic mass is 28.4. The molecule has 1 N–H and O–H groups in total. The number of hydrogen-bond donors (Lipinski definition) is 1. The third kappa shape index (κ3) is 3.70. The van der Waals surface area contributed by atoms with Crippen molar-refractivity contribution in [2.24, 2.45) is 0 Å². The number of benzene rings is 1. The smallest absolute Gasteiger partial charge is 0.192 e. The Bertz CT molecular complexity index is 596. The Morgan fingerprint density at radius 1 is 1.16 bits per heavy atom. The van der Waals surface area contributed by atoms with Gasteiger partial charge >= 0.3 is 0 Å². The third-order valence-corrected chi connectivity index (χ3v) is 10.1. The average molecular weight is 367 g/mol. The molecule has 0 bridgehead atoms. The van der Waals surface area contributed by atoms with E-state index in [1.807, 2.05) is 30.3 Å². The van der Waals surface area contributed by atoms with Gasteiger partial charge in [0.1, 0.15) is 18.3 Å². The second-order valence-electron chi connectivity index (χ2n) is 8.68. The maximum absolute atomic E-state index is 10.6. The summed E-state index contributed by atoms with van der Waals surface area (Å²) in [6.07, 6.45) is -1.69. The van der Waals surface area contributed by atoms with Crippen molar-refractivity contribution in [2.45, 2.75) is 76.2 Å². The molecular weight excluding hydrogens is 336 g/mol. The van der Waals surface area contributed by atoms with E-state index in [1.165, 1.54) is 0 Å². The number of fused-ring (bicyclic) bond motifs is 1. The van der Waals surface area contributed by atoms with Crippen molar-refractivity contribution in [3.8, 4) is 0 Å². The van der Waals surface area contributed by atoms with Crippen molar-refractivity contribution in [2.75, 3.05) is 6.61 Å². The number of ether oxygens (including phenoxy) is 3. The first-order valence-corrected chi connectivity index (χ1v) is 11.8. The van der Waals surface area contributed by atoms with Crippen molar-refractivity contribution in [1.82, 2.24) is 0 Å². The Hall–Kier alpha value is -0.763. The minimum Gasteiger partial charge on any atom is -0.414 e. The normalized spacial score (nSPS) is 35.8. The van der Waals surface area contributed by atoms with Gasteiger partial charge in [-0.15, -0.1) is 0 Å². The summed E-state index contributed by atoms with van der Waals surface area (Å²) >= 11 is 0. The lowest BCUT2D eigenvalue weighted by atomic mass is 10.1. The van der Waals surface area contributed by atoms with Crippen LogP contribution < -0.4 is 0 Å². The van der Waals surface area contributed by atoms with Crippen LogP contribution in [-0.4, -0.2) is 44.1 Å². The van der Waals surface area contributed by atoms with E-state index in [1.54, 1.807) is 6.92 Å². The molecule has 0 unspecified atom stereocenters. The van der Waals surface area contributed by atoms with E-state index in [-0.39, 0.29) is 17.2 Å². The molecule has 2 fully saturated rings. The molecule has 6 heteroatoms. The van der Waals surface area contributed by atoms with Crippen LogP contribution in [0.1, 0.15) is 39.5 Å². The fourth-order valence-corrected chi connectivity index (χ4v) is 4.03. The molecule has 5 atom stereocenters. The maximum atomic E-state index is 10.6. The van der Waals surface area contributed by atoms with E-state index in [0.717, 1.165) is 5.56 Å². The first kappa shape index (κ1) is 19.0. The molecule has 140 valence electrons. The summed E-state index contributed by atoms with van der Waals surface area (Å²) in [6, 6.07) is 9.77. The van der Waals surface area contributed by atoms with Gasteiger partial charge in [-0.05, 0) is 25.1 Å². The SMILES string of the molecule is CC(C)(C)[Si](C)(C)OC[C@H]1O[C@@](C)(O)[C@@H]2O[C@H](c3ccccc3)O[C@@H]21. The Kier molecular flexibility index (Phi) is 4.90. The zero-order chi connectivity index (χ0) is 18.5. The Labute approximate surface area is 151 Å². The lowest BCUT2D eigenvalue weighted by Gasteiger charge is -2.37. The monoisotopic (exact) mass is 366 g/mol. The second kappa shape index (κ2) is 6.44. The summed E-state index contributed by atoms with van der Waals surface area (Å²) in [5, 5.41) is 10.7. The van der Waals surface area contributed by atoms with Gasteiger partial charge in [-0.3, -0.25) is 0 Å². The van der Waals surface area contributed by atoms with Gasteiger partial charge in [-0.2, -0.15) is 0 Å². The minimum absolute atomic E-state index is 0.118. The molecule has 2 heterocycles. The van der Waals surface area contributed by atoms with Crippen LogP contribution in [0.15, 0.2) is 30.3 Å². The molecule has 0 aromatic heterocycles. The molecule has 0 amide bonds. The van der Waals surface area contributed by atoms with Crippen LogP contribution in [0.2, 0.25) is 18.1 Å². The molecule has 0 aliphatic carbocycles. The molecule has 1 aromatic carbocycles. The van der Waals surface area contributed by atoms with Crippen molar-refractivity contribution < 1.29 is 23.7 Å². The van der Waals surface area contributed by atoms with E-state index in [2.05, 4.69) is 33.9 Å². The standard InChI is InChI=1S/C19H30O5Si/c1-18(2,3)25(5,6)21-12-14-15-16(19(4,20)24-14)23-17(22-15)13-10-8-7-9-11-13/h7-11,14-17,20H,12H2,1-6H3/t14-,15-,16-,17-,19-/m1/s1. The van der Waals surface area contributed by atoms with Crippen molar-refractivity contribution in [3.63, 3.8) is 0 Å². The summed E-state index contributed by atoms with van der Waals surface area (Å²) in [5.41, 5.74) is 0.941. The largest absolute Gasteiger partial charge is 0.414 e. The lowest BCUT2D eigenvalue weighted by molar-refractivity contribution is -0.248. The number of rotatable bonds is 4. The molecule has 0 spiro atoms. The van der Waals surface area contributed by atoms with Crippen LogP contribution in [0, 0.1) is 0 Å². The average Bonchev–Trinajstić information content (AvgIpc) is 3.05. The van der Waals surface area contributed by atoms with E-state index < -0.39 is 26.5 Å². The highest BCUT2D eigenvalue weighted by Crippen LogP contribution is 2.44. The molecule has 2 aliphatic heterocycles. The highest BCUT2D eigenvalue weighted by Gasteiger charge is 2.59. The van der Waals surface area contributed by atoms with E-state index in [0.29, 0.717) is 6.61 Å². The highest BCUT2D eigenvalue weighted by molar-refractivity contribution is 6.74. The van der Waals surface area contributed by atoms with Gasteiger partial charge in [-0.25, -0.2) is 0 Å². The molecule has 25 heavy (non-hydrogen) atoms. The van der Waals surface area contributed by atoms with E-state index in [4.69, 9.17) is 18.6 Å². The van der Waals surface area contributed by atoms with E-state index in [9.17, 15) is 5.11 Å². The summed E-state index contributed by atoms with van der Waals surface area (Å²) in [6.45, 7) is 13.1. The fraction of sp³-hybridized carbons (Fsp3) is 0.684. The van der Waals surface area contributed by atoms with Gasteiger partial charge in [-0.1, -0.05) is 51.1 Å². The Morgan fingerprint density at radius 2 is 1.80 bits per heavy atom. The zero-order valence-electron chi connectivity index (χ0n) is 16.0. The summed E-state index contributed by atoms with van der Waals surface area (Å²) in [4.78, 5) is 0. The topological polar surface area (TPSA) is 57.2 Å². The van der Waals surface area contributed by atoms with Gasteiger partial charge in [0, 0.05) is 5.56 Å². The quantitative estimate of drug-likeness (QED) is 0.825. The molecule has 3 rings (SSSR count). The fourth-order valence-electron chi connectivity index (χ4n) is 3.01. The zero-order valence-corrected chi connectivity index (χ0v) is 17.0. The summed E-state index contributed by atoms with van der Waals surface area (Å²) in [7, 11) is -1.90. The molecule has 0 saturated carbocycles. The molecule has 0 radical (unpaired) electrons. The summed E-state index contributed by atoms with van der Waals surface area (Å²) in [5.74, 6) is -1.38. The van der Waals surface area contributed by atoms with Crippen molar-refractivity contribution >= 4 is 8.32 Å². The Morgan fingerprint density at radius 3 is 2.40 bits per heavy atom. The first-order valence-electron chi connectivity index (χ1n) is 8.91. The van der Waals surface area contributed by atoms with Crippen molar-refractivity contribution in [1.29, 1.82) is 0 Å². The van der Waals surface area contributed by atoms with Crippen LogP contribution in [-0.2, 0) is 18.6 Å².